The van der Waals surface area contributed by atoms with Gasteiger partial charge in [-0.1, -0.05) is 303 Å². The normalized spacial score (nSPS) is 12.0. The van der Waals surface area contributed by atoms with Gasteiger partial charge in [0.15, 0.2) is 6.10 Å². The monoisotopic (exact) mass is 973 g/mol. The minimum atomic E-state index is -0.768. The fourth-order valence-corrected chi connectivity index (χ4v) is 9.56. The molecule has 0 aliphatic carbocycles. The SMILES string of the molecule is CCCCCCCCC/C=C\CCCCCCCC(=O)OC[C@H](COC(=O)CCCCCCCCCCCCCCCCCCCC)OC(=O)CCCCCCCCCCCCCCCCCCC. The molecule has 0 saturated heterocycles. The largest absolute Gasteiger partial charge is 0.462 e. The number of carbonyl (C=O) groups is 3. The van der Waals surface area contributed by atoms with Crippen molar-refractivity contribution in [3.8, 4) is 0 Å². The molecule has 0 fully saturated rings. The first-order chi connectivity index (χ1) is 34.0. The van der Waals surface area contributed by atoms with Gasteiger partial charge < -0.3 is 14.2 Å². The first kappa shape index (κ1) is 67.1. The van der Waals surface area contributed by atoms with Crippen LogP contribution in [-0.4, -0.2) is 37.2 Å². The van der Waals surface area contributed by atoms with Gasteiger partial charge in [-0.15, -0.1) is 0 Å². The fraction of sp³-hybridized carbons (Fsp3) is 0.921. The predicted molar refractivity (Wildman–Crippen MR) is 298 cm³/mol. The molecule has 0 saturated carbocycles. The molecule has 0 aliphatic rings. The molecule has 0 rings (SSSR count). The quantitative estimate of drug-likeness (QED) is 0.0261. The molecule has 0 spiro atoms. The van der Waals surface area contributed by atoms with E-state index in [0.29, 0.717) is 19.3 Å². The summed E-state index contributed by atoms with van der Waals surface area (Å²) >= 11 is 0. The average Bonchev–Trinajstić information content (AvgIpc) is 3.35. The molecule has 0 bridgehead atoms. The molecule has 0 N–H and O–H groups in total. The summed E-state index contributed by atoms with van der Waals surface area (Å²) in [6, 6.07) is 0. The van der Waals surface area contributed by atoms with Crippen LogP contribution < -0.4 is 0 Å². The zero-order valence-electron chi connectivity index (χ0n) is 46.9. The van der Waals surface area contributed by atoms with Crippen molar-refractivity contribution in [2.24, 2.45) is 0 Å². The molecular weight excluding hydrogens is 853 g/mol. The lowest BCUT2D eigenvalue weighted by molar-refractivity contribution is -0.167. The van der Waals surface area contributed by atoms with Gasteiger partial charge in [0.2, 0.25) is 0 Å². The highest BCUT2D eigenvalue weighted by Crippen LogP contribution is 2.18. The van der Waals surface area contributed by atoms with E-state index in [-0.39, 0.29) is 31.1 Å². The van der Waals surface area contributed by atoms with Crippen molar-refractivity contribution in [1.82, 2.24) is 0 Å². The molecular formula is C63H120O6. The van der Waals surface area contributed by atoms with E-state index in [2.05, 4.69) is 32.9 Å². The molecule has 69 heavy (non-hydrogen) atoms. The van der Waals surface area contributed by atoms with E-state index >= 15 is 0 Å². The molecule has 0 heterocycles. The van der Waals surface area contributed by atoms with Gasteiger partial charge in [0.05, 0.1) is 0 Å². The second-order valence-corrected chi connectivity index (χ2v) is 21.3. The number of allylic oxidation sites excluding steroid dienone is 2. The Hall–Kier alpha value is -1.85. The maximum Gasteiger partial charge on any atom is 0.306 e. The first-order valence-corrected chi connectivity index (χ1v) is 31.2. The van der Waals surface area contributed by atoms with Crippen molar-refractivity contribution in [3.63, 3.8) is 0 Å². The van der Waals surface area contributed by atoms with Crippen LogP contribution in [-0.2, 0) is 28.6 Å². The average molecular weight is 974 g/mol. The topological polar surface area (TPSA) is 78.9 Å². The summed E-state index contributed by atoms with van der Waals surface area (Å²) in [5.74, 6) is -0.845. The Morgan fingerprint density at radius 1 is 0.275 bits per heavy atom. The van der Waals surface area contributed by atoms with Crippen molar-refractivity contribution in [1.29, 1.82) is 0 Å². The third kappa shape index (κ3) is 56.9. The van der Waals surface area contributed by atoms with Crippen LogP contribution in [0.5, 0.6) is 0 Å². The molecule has 0 unspecified atom stereocenters. The van der Waals surface area contributed by atoms with Crippen LogP contribution in [0.15, 0.2) is 12.2 Å². The lowest BCUT2D eigenvalue weighted by atomic mass is 10.0. The number of unbranched alkanes of at least 4 members (excludes halogenated alkanes) is 45. The molecule has 1 atom stereocenters. The van der Waals surface area contributed by atoms with Crippen LogP contribution in [0.3, 0.4) is 0 Å². The molecule has 0 aromatic rings. The minimum absolute atomic E-state index is 0.0660. The van der Waals surface area contributed by atoms with E-state index in [1.165, 1.54) is 250 Å². The Bertz CT molecular complexity index is 1070. The highest BCUT2D eigenvalue weighted by atomic mass is 16.6. The Balaban J connectivity index is 4.31. The first-order valence-electron chi connectivity index (χ1n) is 31.2. The van der Waals surface area contributed by atoms with Gasteiger partial charge >= 0.3 is 17.9 Å². The summed E-state index contributed by atoms with van der Waals surface area (Å²) in [5, 5.41) is 0. The van der Waals surface area contributed by atoms with Crippen LogP contribution in [0.4, 0.5) is 0 Å². The number of rotatable bonds is 58. The lowest BCUT2D eigenvalue weighted by Crippen LogP contribution is -2.30. The molecule has 0 radical (unpaired) electrons. The Morgan fingerprint density at radius 3 is 0.725 bits per heavy atom. The highest BCUT2D eigenvalue weighted by molar-refractivity contribution is 5.71. The van der Waals surface area contributed by atoms with Crippen molar-refractivity contribution in [3.05, 3.63) is 12.2 Å². The van der Waals surface area contributed by atoms with E-state index in [9.17, 15) is 14.4 Å². The Kier molecular flexibility index (Phi) is 57.1. The number of ether oxygens (including phenoxy) is 3. The van der Waals surface area contributed by atoms with Crippen molar-refractivity contribution < 1.29 is 28.6 Å². The molecule has 408 valence electrons. The van der Waals surface area contributed by atoms with Gasteiger partial charge in [-0.25, -0.2) is 0 Å². The van der Waals surface area contributed by atoms with Crippen LogP contribution in [0.1, 0.15) is 355 Å². The van der Waals surface area contributed by atoms with Crippen molar-refractivity contribution >= 4 is 17.9 Å². The van der Waals surface area contributed by atoms with Crippen LogP contribution in [0, 0.1) is 0 Å². The molecule has 0 amide bonds. The predicted octanol–water partition coefficient (Wildman–Crippen LogP) is 20.9. The van der Waals surface area contributed by atoms with Crippen LogP contribution in [0.2, 0.25) is 0 Å². The van der Waals surface area contributed by atoms with E-state index in [1.807, 2.05) is 0 Å². The second kappa shape index (κ2) is 58.7. The third-order valence-electron chi connectivity index (χ3n) is 14.3. The van der Waals surface area contributed by atoms with Gasteiger partial charge in [-0.05, 0) is 44.9 Å². The zero-order valence-corrected chi connectivity index (χ0v) is 46.9. The van der Waals surface area contributed by atoms with Gasteiger partial charge in [0.1, 0.15) is 13.2 Å². The smallest absolute Gasteiger partial charge is 0.306 e. The maximum absolute atomic E-state index is 12.9. The summed E-state index contributed by atoms with van der Waals surface area (Å²) in [6.45, 7) is 6.71. The molecule has 0 aliphatic heterocycles. The van der Waals surface area contributed by atoms with Gasteiger partial charge in [0, 0.05) is 19.3 Å². The highest BCUT2D eigenvalue weighted by Gasteiger charge is 2.19. The van der Waals surface area contributed by atoms with Crippen molar-refractivity contribution in [2.45, 2.75) is 361 Å². The number of hydrogen-bond acceptors (Lipinski definition) is 6. The summed E-state index contributed by atoms with van der Waals surface area (Å²) in [6.07, 6.45) is 67.8. The maximum atomic E-state index is 12.9. The number of carbonyl (C=O) groups excluding carboxylic acids is 3. The van der Waals surface area contributed by atoms with E-state index < -0.39 is 6.10 Å². The summed E-state index contributed by atoms with van der Waals surface area (Å²) in [4.78, 5) is 38.3. The van der Waals surface area contributed by atoms with Gasteiger partial charge in [0.25, 0.3) is 0 Å². The standard InChI is InChI=1S/C63H120O6/c1-4-7-10-13-16-19-22-25-28-31-33-35-38-41-44-47-50-53-56-62(65)68-59-60(58-67-61(64)55-52-49-46-43-40-37-34-30-27-24-21-18-15-12-9-6-3)69-63(66)57-54-51-48-45-42-39-36-32-29-26-23-20-17-14-11-8-5-2/h30,34,60H,4-29,31-33,35-59H2,1-3H3/b34-30-/t60-/m1/s1. The summed E-state index contributed by atoms with van der Waals surface area (Å²) < 4.78 is 16.9. The minimum Gasteiger partial charge on any atom is -0.462 e. The lowest BCUT2D eigenvalue weighted by Gasteiger charge is -2.18. The van der Waals surface area contributed by atoms with Gasteiger partial charge in [-0.3, -0.25) is 14.4 Å². The molecule has 0 aromatic heterocycles. The van der Waals surface area contributed by atoms with Crippen LogP contribution in [0.25, 0.3) is 0 Å². The Morgan fingerprint density at radius 2 is 0.478 bits per heavy atom. The summed E-state index contributed by atoms with van der Waals surface area (Å²) in [5.41, 5.74) is 0. The molecule has 0 aromatic carbocycles. The van der Waals surface area contributed by atoms with E-state index in [4.69, 9.17) is 14.2 Å². The van der Waals surface area contributed by atoms with E-state index in [0.717, 1.165) is 64.2 Å². The summed E-state index contributed by atoms with van der Waals surface area (Å²) in [7, 11) is 0. The zero-order chi connectivity index (χ0) is 50.0. The molecule has 6 heteroatoms. The Labute approximate surface area is 431 Å². The van der Waals surface area contributed by atoms with Crippen molar-refractivity contribution in [2.75, 3.05) is 13.2 Å². The van der Waals surface area contributed by atoms with Gasteiger partial charge in [-0.2, -0.15) is 0 Å². The second-order valence-electron chi connectivity index (χ2n) is 21.3. The van der Waals surface area contributed by atoms with Crippen LogP contribution >= 0.6 is 0 Å². The number of hydrogen-bond donors (Lipinski definition) is 0. The fourth-order valence-electron chi connectivity index (χ4n) is 9.56. The molecule has 6 nitrogen and oxygen atoms in total. The number of esters is 3. The van der Waals surface area contributed by atoms with E-state index in [1.54, 1.807) is 0 Å². The third-order valence-corrected chi connectivity index (χ3v) is 14.3.